The third kappa shape index (κ3) is 4.31. The average molecular weight is 282 g/mol. The second kappa shape index (κ2) is 8.01. The fourth-order valence-electron chi connectivity index (χ4n) is 2.15. The molecule has 1 atom stereocenters. The number of hydrogen-bond donors (Lipinski definition) is 2. The summed E-state index contributed by atoms with van der Waals surface area (Å²) in [7, 11) is 5.36. The van der Waals surface area contributed by atoms with Crippen molar-refractivity contribution in [3.8, 4) is 0 Å². The van der Waals surface area contributed by atoms with Crippen molar-refractivity contribution in [2.75, 3.05) is 44.6 Å². The molecule has 6 nitrogen and oxygen atoms in total. The summed E-state index contributed by atoms with van der Waals surface area (Å²) in [5.41, 5.74) is 0.986. The van der Waals surface area contributed by atoms with Crippen molar-refractivity contribution in [1.29, 1.82) is 0 Å². The molecule has 114 valence electrons. The van der Waals surface area contributed by atoms with Gasteiger partial charge in [-0.3, -0.25) is 0 Å². The van der Waals surface area contributed by atoms with Crippen LogP contribution in [0.4, 0.5) is 11.6 Å². The predicted molar refractivity (Wildman–Crippen MR) is 81.5 cm³/mol. The average Bonchev–Trinajstić information content (AvgIpc) is 2.40. The maximum atomic E-state index is 9.85. The summed E-state index contributed by atoms with van der Waals surface area (Å²) >= 11 is 0. The second-order valence-electron chi connectivity index (χ2n) is 4.93. The monoisotopic (exact) mass is 282 g/mol. The highest BCUT2D eigenvalue weighted by molar-refractivity contribution is 5.58. The smallest absolute Gasteiger partial charge is 0.137 e. The lowest BCUT2D eigenvalue weighted by atomic mass is 10.2. The molecule has 0 aromatic carbocycles. The Kier molecular flexibility index (Phi) is 6.67. The SMILES string of the molecule is CCCc1nc(NC)c(C)c(N(C)CC(O)COC)n1. The third-order valence-corrected chi connectivity index (χ3v) is 3.08. The summed E-state index contributed by atoms with van der Waals surface area (Å²) in [4.78, 5) is 11.1. The van der Waals surface area contributed by atoms with E-state index in [9.17, 15) is 5.11 Å². The summed E-state index contributed by atoms with van der Waals surface area (Å²) in [6.07, 6.45) is 1.31. The van der Waals surface area contributed by atoms with E-state index >= 15 is 0 Å². The molecule has 0 aliphatic heterocycles. The topological polar surface area (TPSA) is 70.5 Å². The molecule has 1 aromatic heterocycles. The van der Waals surface area contributed by atoms with Gasteiger partial charge in [-0.05, 0) is 13.3 Å². The molecule has 0 saturated carbocycles. The second-order valence-corrected chi connectivity index (χ2v) is 4.93. The van der Waals surface area contributed by atoms with E-state index in [1.165, 1.54) is 0 Å². The van der Waals surface area contributed by atoms with Crippen LogP contribution >= 0.6 is 0 Å². The number of aliphatic hydroxyl groups is 1. The summed E-state index contributed by atoms with van der Waals surface area (Å²) in [6, 6.07) is 0. The fourth-order valence-corrected chi connectivity index (χ4v) is 2.15. The van der Waals surface area contributed by atoms with E-state index in [1.807, 2.05) is 25.9 Å². The maximum Gasteiger partial charge on any atom is 0.137 e. The molecular weight excluding hydrogens is 256 g/mol. The van der Waals surface area contributed by atoms with Gasteiger partial charge in [0.25, 0.3) is 0 Å². The van der Waals surface area contributed by atoms with Crippen LogP contribution in [-0.4, -0.2) is 55.5 Å². The molecule has 0 radical (unpaired) electrons. The molecule has 1 heterocycles. The minimum atomic E-state index is -0.535. The van der Waals surface area contributed by atoms with Gasteiger partial charge in [0.15, 0.2) is 0 Å². The first kappa shape index (κ1) is 16.7. The number of methoxy groups -OCH3 is 1. The quantitative estimate of drug-likeness (QED) is 0.747. The van der Waals surface area contributed by atoms with Crippen molar-refractivity contribution < 1.29 is 9.84 Å². The van der Waals surface area contributed by atoms with E-state index < -0.39 is 6.10 Å². The van der Waals surface area contributed by atoms with Crippen molar-refractivity contribution in [3.05, 3.63) is 11.4 Å². The first-order valence-electron chi connectivity index (χ1n) is 6.96. The summed E-state index contributed by atoms with van der Waals surface area (Å²) in [5.74, 6) is 2.51. The Morgan fingerprint density at radius 3 is 2.65 bits per heavy atom. The lowest BCUT2D eigenvalue weighted by Crippen LogP contribution is -2.33. The minimum Gasteiger partial charge on any atom is -0.389 e. The standard InChI is InChI=1S/C14H26N4O2/c1-6-7-12-16-13(15-3)10(2)14(17-12)18(4)8-11(19)9-20-5/h11,19H,6-9H2,1-5H3,(H,15,16,17). The zero-order chi connectivity index (χ0) is 15.1. The molecule has 0 spiro atoms. The molecule has 6 heteroatoms. The normalized spacial score (nSPS) is 12.3. The fraction of sp³-hybridized carbons (Fsp3) is 0.714. The van der Waals surface area contributed by atoms with Gasteiger partial charge in [0.05, 0.1) is 12.7 Å². The largest absolute Gasteiger partial charge is 0.389 e. The van der Waals surface area contributed by atoms with Crippen molar-refractivity contribution in [3.63, 3.8) is 0 Å². The third-order valence-electron chi connectivity index (χ3n) is 3.08. The number of hydrogen-bond acceptors (Lipinski definition) is 6. The highest BCUT2D eigenvalue weighted by Crippen LogP contribution is 2.23. The molecule has 0 aliphatic rings. The highest BCUT2D eigenvalue weighted by Gasteiger charge is 2.16. The van der Waals surface area contributed by atoms with Crippen molar-refractivity contribution in [1.82, 2.24) is 9.97 Å². The van der Waals surface area contributed by atoms with Crippen LogP contribution in [0.2, 0.25) is 0 Å². The van der Waals surface area contributed by atoms with Gasteiger partial charge in [-0.15, -0.1) is 0 Å². The Bertz CT molecular complexity index is 426. The molecule has 1 rings (SSSR count). The van der Waals surface area contributed by atoms with Crippen LogP contribution in [0.5, 0.6) is 0 Å². The van der Waals surface area contributed by atoms with Crippen molar-refractivity contribution in [2.24, 2.45) is 0 Å². The Morgan fingerprint density at radius 2 is 2.10 bits per heavy atom. The summed E-state index contributed by atoms with van der Waals surface area (Å²) < 4.78 is 4.96. The van der Waals surface area contributed by atoms with Crippen LogP contribution in [0, 0.1) is 6.92 Å². The highest BCUT2D eigenvalue weighted by atomic mass is 16.5. The number of rotatable bonds is 8. The molecular formula is C14H26N4O2. The Balaban J connectivity index is 2.99. The van der Waals surface area contributed by atoms with Crippen molar-refractivity contribution >= 4 is 11.6 Å². The van der Waals surface area contributed by atoms with E-state index in [1.54, 1.807) is 7.11 Å². The molecule has 0 bridgehead atoms. The van der Waals surface area contributed by atoms with Gasteiger partial charge in [0.1, 0.15) is 17.5 Å². The summed E-state index contributed by atoms with van der Waals surface area (Å²) in [5, 5.41) is 12.9. The van der Waals surface area contributed by atoms with E-state index in [0.717, 1.165) is 35.9 Å². The molecule has 0 aliphatic carbocycles. The van der Waals surface area contributed by atoms with Crippen LogP contribution in [-0.2, 0) is 11.2 Å². The zero-order valence-electron chi connectivity index (χ0n) is 13.1. The van der Waals surface area contributed by atoms with E-state index in [0.29, 0.717) is 13.2 Å². The van der Waals surface area contributed by atoms with Gasteiger partial charge < -0.3 is 20.1 Å². The number of aromatic nitrogens is 2. The first-order chi connectivity index (χ1) is 9.53. The Labute approximate surface area is 121 Å². The van der Waals surface area contributed by atoms with Crippen LogP contribution in [0.25, 0.3) is 0 Å². The van der Waals surface area contributed by atoms with Crippen LogP contribution in [0.3, 0.4) is 0 Å². The molecule has 0 amide bonds. The number of nitrogens with zero attached hydrogens (tertiary/aromatic N) is 3. The zero-order valence-corrected chi connectivity index (χ0v) is 13.1. The lowest BCUT2D eigenvalue weighted by Gasteiger charge is -2.24. The molecule has 0 fully saturated rings. The number of aryl methyl sites for hydroxylation is 1. The van der Waals surface area contributed by atoms with Gasteiger partial charge in [0, 0.05) is 39.7 Å². The van der Waals surface area contributed by atoms with E-state index in [2.05, 4.69) is 22.2 Å². The maximum absolute atomic E-state index is 9.85. The van der Waals surface area contributed by atoms with Crippen LogP contribution in [0.15, 0.2) is 0 Å². The number of aliphatic hydroxyl groups excluding tert-OH is 1. The molecule has 0 saturated heterocycles. The predicted octanol–water partition coefficient (Wildman–Crippen LogP) is 1.22. The lowest BCUT2D eigenvalue weighted by molar-refractivity contribution is 0.0694. The Morgan fingerprint density at radius 1 is 1.40 bits per heavy atom. The van der Waals surface area contributed by atoms with Gasteiger partial charge in [0.2, 0.25) is 0 Å². The van der Waals surface area contributed by atoms with Gasteiger partial charge in [-0.25, -0.2) is 9.97 Å². The number of likely N-dealkylation sites (N-methyl/N-ethyl adjacent to an activating group) is 1. The van der Waals surface area contributed by atoms with E-state index in [-0.39, 0.29) is 0 Å². The van der Waals surface area contributed by atoms with Crippen LogP contribution < -0.4 is 10.2 Å². The summed E-state index contributed by atoms with van der Waals surface area (Å²) in [6.45, 7) is 4.87. The number of ether oxygens (including phenoxy) is 1. The van der Waals surface area contributed by atoms with Crippen LogP contribution in [0.1, 0.15) is 24.7 Å². The molecule has 1 aromatic rings. The van der Waals surface area contributed by atoms with Gasteiger partial charge >= 0.3 is 0 Å². The molecule has 2 N–H and O–H groups in total. The number of nitrogens with one attached hydrogen (secondary N) is 1. The van der Waals surface area contributed by atoms with Gasteiger partial charge in [-0.2, -0.15) is 0 Å². The molecule has 20 heavy (non-hydrogen) atoms. The Hall–Kier alpha value is -1.40. The molecule has 1 unspecified atom stereocenters. The van der Waals surface area contributed by atoms with E-state index in [4.69, 9.17) is 4.74 Å². The van der Waals surface area contributed by atoms with Gasteiger partial charge in [-0.1, -0.05) is 6.92 Å². The number of anilines is 2. The van der Waals surface area contributed by atoms with Crippen molar-refractivity contribution in [2.45, 2.75) is 32.8 Å². The minimum absolute atomic E-state index is 0.315. The first-order valence-corrected chi connectivity index (χ1v) is 6.96.